The topological polar surface area (TPSA) is 62.5 Å². The van der Waals surface area contributed by atoms with E-state index in [0.717, 1.165) is 11.8 Å². The van der Waals surface area contributed by atoms with Crippen molar-refractivity contribution in [2.45, 2.75) is 52.6 Å². The number of aromatic nitrogens is 1. The molecule has 8 heteroatoms. The zero-order chi connectivity index (χ0) is 19.3. The molecule has 1 aromatic heterocycles. The van der Waals surface area contributed by atoms with Crippen LogP contribution in [0.1, 0.15) is 57.9 Å². The van der Waals surface area contributed by atoms with Crippen molar-refractivity contribution >= 4 is 29.9 Å². The second-order valence-electron chi connectivity index (χ2n) is 7.10. The Kier molecular flexibility index (Phi) is 8.64. The fraction of sp³-hybridized carbons (Fsp3) is 0.474. The minimum absolute atomic E-state index is 0. The van der Waals surface area contributed by atoms with E-state index in [-0.39, 0.29) is 42.0 Å². The lowest BCUT2D eigenvalue weighted by Gasteiger charge is -2.18. The molecule has 0 radical (unpaired) electrons. The van der Waals surface area contributed by atoms with Gasteiger partial charge in [0.15, 0.2) is 17.6 Å². The van der Waals surface area contributed by atoms with Gasteiger partial charge in [0.05, 0.1) is 12.2 Å². The van der Waals surface area contributed by atoms with Crippen LogP contribution in [0.3, 0.4) is 0 Å². The number of oxazole rings is 1. The first-order chi connectivity index (χ1) is 12.2. The van der Waals surface area contributed by atoms with E-state index in [1.807, 2.05) is 13.8 Å². The molecule has 2 rings (SSSR count). The standard InChI is InChI=1S/C19H26F2N4O.HI/c1-6-22-18(24-11-17-23-10-16(26-17)19(3,4)5)25-12(2)13-7-8-14(20)15(21)9-13;/h7-10,12H,6,11H2,1-5H3,(H2,22,24,25);1H. The number of halogens is 3. The summed E-state index contributed by atoms with van der Waals surface area (Å²) in [5, 5.41) is 6.29. The average Bonchev–Trinajstić information content (AvgIpc) is 3.04. The van der Waals surface area contributed by atoms with Crippen molar-refractivity contribution in [3.63, 3.8) is 0 Å². The third-order valence-electron chi connectivity index (χ3n) is 3.81. The predicted octanol–water partition coefficient (Wildman–Crippen LogP) is 4.68. The van der Waals surface area contributed by atoms with Gasteiger partial charge in [-0.05, 0) is 31.5 Å². The van der Waals surface area contributed by atoms with Crippen molar-refractivity contribution < 1.29 is 13.2 Å². The highest BCUT2D eigenvalue weighted by atomic mass is 127. The van der Waals surface area contributed by atoms with Gasteiger partial charge in [0.2, 0.25) is 5.89 Å². The molecule has 2 aromatic rings. The number of guanidine groups is 1. The Balaban J connectivity index is 0.00000364. The summed E-state index contributed by atoms with van der Waals surface area (Å²) in [5.41, 5.74) is 0.513. The Morgan fingerprint density at radius 2 is 1.96 bits per heavy atom. The highest BCUT2D eigenvalue weighted by Crippen LogP contribution is 2.22. The molecule has 0 fully saturated rings. The molecule has 0 aliphatic carbocycles. The third kappa shape index (κ3) is 6.75. The summed E-state index contributed by atoms with van der Waals surface area (Å²) in [6, 6.07) is 3.59. The normalized spacial score (nSPS) is 13.1. The maximum Gasteiger partial charge on any atom is 0.216 e. The van der Waals surface area contributed by atoms with Crippen LogP contribution >= 0.6 is 24.0 Å². The molecule has 1 aromatic carbocycles. The van der Waals surface area contributed by atoms with Crippen LogP contribution in [0, 0.1) is 11.6 Å². The molecule has 2 N–H and O–H groups in total. The van der Waals surface area contributed by atoms with Crippen molar-refractivity contribution in [3.8, 4) is 0 Å². The van der Waals surface area contributed by atoms with E-state index < -0.39 is 11.6 Å². The van der Waals surface area contributed by atoms with E-state index in [2.05, 4.69) is 41.4 Å². The van der Waals surface area contributed by atoms with Gasteiger partial charge in [0.25, 0.3) is 0 Å². The van der Waals surface area contributed by atoms with Crippen LogP contribution in [0.2, 0.25) is 0 Å². The van der Waals surface area contributed by atoms with Gasteiger partial charge in [0, 0.05) is 12.0 Å². The van der Waals surface area contributed by atoms with Gasteiger partial charge in [-0.15, -0.1) is 24.0 Å². The second-order valence-corrected chi connectivity index (χ2v) is 7.10. The number of hydrogen-bond donors (Lipinski definition) is 2. The first kappa shape index (κ1) is 23.3. The Morgan fingerprint density at radius 1 is 1.26 bits per heavy atom. The minimum atomic E-state index is -0.868. The lowest BCUT2D eigenvalue weighted by Crippen LogP contribution is -2.38. The summed E-state index contributed by atoms with van der Waals surface area (Å²) in [7, 11) is 0. The highest BCUT2D eigenvalue weighted by Gasteiger charge is 2.19. The first-order valence-electron chi connectivity index (χ1n) is 8.65. The molecule has 27 heavy (non-hydrogen) atoms. The maximum atomic E-state index is 13.4. The third-order valence-corrected chi connectivity index (χ3v) is 3.81. The zero-order valence-corrected chi connectivity index (χ0v) is 18.6. The van der Waals surface area contributed by atoms with Gasteiger partial charge in [0.1, 0.15) is 12.3 Å². The number of benzene rings is 1. The van der Waals surface area contributed by atoms with Crippen molar-refractivity contribution in [2.24, 2.45) is 4.99 Å². The van der Waals surface area contributed by atoms with Crippen LogP contribution in [-0.4, -0.2) is 17.5 Å². The summed E-state index contributed by atoms with van der Waals surface area (Å²) in [6.45, 7) is 10.9. The number of hydrogen-bond acceptors (Lipinski definition) is 3. The Bertz CT molecular complexity index is 771. The summed E-state index contributed by atoms with van der Waals surface area (Å²) in [5.74, 6) is 0.135. The number of nitrogens with one attached hydrogen (secondary N) is 2. The minimum Gasteiger partial charge on any atom is -0.443 e. The molecule has 0 saturated heterocycles. The molecule has 0 bridgehead atoms. The molecule has 150 valence electrons. The van der Waals surface area contributed by atoms with Gasteiger partial charge in [-0.25, -0.2) is 18.8 Å². The molecular weight excluding hydrogens is 465 g/mol. The Hall–Kier alpha value is -1.71. The van der Waals surface area contributed by atoms with Gasteiger partial charge in [-0.3, -0.25) is 0 Å². The monoisotopic (exact) mass is 492 g/mol. The van der Waals surface area contributed by atoms with Crippen molar-refractivity contribution in [3.05, 3.63) is 53.2 Å². The Morgan fingerprint density at radius 3 is 2.52 bits per heavy atom. The molecule has 5 nitrogen and oxygen atoms in total. The Labute approximate surface area is 176 Å². The molecule has 0 amide bonds. The molecule has 0 aliphatic heterocycles. The van der Waals surface area contributed by atoms with E-state index in [9.17, 15) is 8.78 Å². The fourth-order valence-electron chi connectivity index (χ4n) is 2.27. The lowest BCUT2D eigenvalue weighted by atomic mass is 9.94. The number of aliphatic imine (C=N–C) groups is 1. The number of nitrogens with zero attached hydrogens (tertiary/aromatic N) is 2. The van der Waals surface area contributed by atoms with Crippen molar-refractivity contribution in [2.75, 3.05) is 6.54 Å². The van der Waals surface area contributed by atoms with Crippen LogP contribution in [0.25, 0.3) is 0 Å². The largest absolute Gasteiger partial charge is 0.443 e. The van der Waals surface area contributed by atoms with E-state index in [0.29, 0.717) is 24.0 Å². The van der Waals surface area contributed by atoms with Crippen LogP contribution in [-0.2, 0) is 12.0 Å². The van der Waals surface area contributed by atoms with Crippen molar-refractivity contribution in [1.29, 1.82) is 0 Å². The molecule has 0 aliphatic rings. The predicted molar refractivity (Wildman–Crippen MR) is 113 cm³/mol. The summed E-state index contributed by atoms with van der Waals surface area (Å²) in [4.78, 5) is 8.71. The summed E-state index contributed by atoms with van der Waals surface area (Å²) < 4.78 is 32.2. The number of rotatable bonds is 5. The van der Waals surface area contributed by atoms with Gasteiger partial charge in [-0.2, -0.15) is 0 Å². The molecular formula is C19H27F2IN4O. The van der Waals surface area contributed by atoms with Gasteiger partial charge < -0.3 is 15.1 Å². The molecule has 0 spiro atoms. The van der Waals surface area contributed by atoms with E-state index >= 15 is 0 Å². The quantitative estimate of drug-likeness (QED) is 0.362. The van der Waals surface area contributed by atoms with Crippen molar-refractivity contribution in [1.82, 2.24) is 15.6 Å². The molecule has 1 atom stereocenters. The summed E-state index contributed by atoms with van der Waals surface area (Å²) in [6.07, 6.45) is 1.72. The lowest BCUT2D eigenvalue weighted by molar-refractivity contribution is 0.383. The molecule has 1 heterocycles. The maximum absolute atomic E-state index is 13.4. The summed E-state index contributed by atoms with van der Waals surface area (Å²) >= 11 is 0. The fourth-order valence-corrected chi connectivity index (χ4v) is 2.27. The van der Waals surface area contributed by atoms with Crippen LogP contribution in [0.5, 0.6) is 0 Å². The zero-order valence-electron chi connectivity index (χ0n) is 16.3. The first-order valence-corrected chi connectivity index (χ1v) is 8.65. The van der Waals surface area contributed by atoms with E-state index in [1.165, 1.54) is 6.07 Å². The van der Waals surface area contributed by atoms with E-state index in [1.54, 1.807) is 12.3 Å². The molecule has 1 unspecified atom stereocenters. The van der Waals surface area contributed by atoms with E-state index in [4.69, 9.17) is 4.42 Å². The van der Waals surface area contributed by atoms with Crippen LogP contribution in [0.15, 0.2) is 33.8 Å². The smallest absolute Gasteiger partial charge is 0.216 e. The van der Waals surface area contributed by atoms with Gasteiger partial charge in [-0.1, -0.05) is 26.8 Å². The second kappa shape index (κ2) is 10.0. The van der Waals surface area contributed by atoms with Crippen LogP contribution < -0.4 is 10.6 Å². The highest BCUT2D eigenvalue weighted by molar-refractivity contribution is 14.0. The average molecular weight is 492 g/mol. The SMILES string of the molecule is CCNC(=NCc1ncc(C(C)(C)C)o1)NC(C)c1ccc(F)c(F)c1.I. The van der Waals surface area contributed by atoms with Gasteiger partial charge >= 0.3 is 0 Å². The van der Waals surface area contributed by atoms with Crippen LogP contribution in [0.4, 0.5) is 8.78 Å². The molecule has 0 saturated carbocycles.